The zero-order valence-corrected chi connectivity index (χ0v) is 10.2. The van der Waals surface area contributed by atoms with Crippen molar-refractivity contribution in [2.45, 2.75) is 12.7 Å². The molecule has 0 bridgehead atoms. The smallest absolute Gasteiger partial charge is 0.341 e. The van der Waals surface area contributed by atoms with Crippen LogP contribution in [0, 0.1) is 0 Å². The average Bonchev–Trinajstić information content (AvgIpc) is 2.57. The van der Waals surface area contributed by atoms with Crippen molar-refractivity contribution >= 4 is 27.0 Å². The molecule has 0 saturated carbocycles. The Balaban J connectivity index is 2.05. The lowest BCUT2D eigenvalue weighted by atomic mass is 10.3. The molecule has 0 aliphatic carbocycles. The predicted molar refractivity (Wildman–Crippen MR) is 61.6 cm³/mol. The van der Waals surface area contributed by atoms with Gasteiger partial charge in [-0.05, 0) is 18.2 Å². The van der Waals surface area contributed by atoms with Crippen molar-refractivity contribution < 1.29 is 13.2 Å². The molecule has 0 atom stereocenters. The van der Waals surface area contributed by atoms with Crippen molar-refractivity contribution in [3.8, 4) is 0 Å². The number of halogens is 4. The molecule has 1 aromatic carbocycles. The summed E-state index contributed by atoms with van der Waals surface area (Å²) < 4.78 is 36.6. The molecule has 0 saturated heterocycles. The van der Waals surface area contributed by atoms with Gasteiger partial charge in [0.05, 0.1) is 24.1 Å². The van der Waals surface area contributed by atoms with E-state index < -0.39 is 12.7 Å². The lowest BCUT2D eigenvalue weighted by molar-refractivity contribution is -0.125. The first-order chi connectivity index (χ1) is 7.94. The molecule has 1 aromatic heterocycles. The second kappa shape index (κ2) is 4.66. The summed E-state index contributed by atoms with van der Waals surface area (Å²) >= 11 is 3.31. The van der Waals surface area contributed by atoms with Crippen LogP contribution in [0.5, 0.6) is 0 Å². The third kappa shape index (κ3) is 3.44. The van der Waals surface area contributed by atoms with Crippen molar-refractivity contribution in [1.82, 2.24) is 15.3 Å². The van der Waals surface area contributed by atoms with Crippen LogP contribution >= 0.6 is 15.9 Å². The molecule has 17 heavy (non-hydrogen) atoms. The Morgan fingerprint density at radius 3 is 2.82 bits per heavy atom. The average molecular weight is 308 g/mol. The van der Waals surface area contributed by atoms with Crippen LogP contribution < -0.4 is 5.32 Å². The van der Waals surface area contributed by atoms with Gasteiger partial charge in [0.15, 0.2) is 0 Å². The van der Waals surface area contributed by atoms with Gasteiger partial charge in [-0.25, -0.2) is 4.98 Å². The van der Waals surface area contributed by atoms with Gasteiger partial charge < -0.3 is 10.3 Å². The normalized spacial score (nSPS) is 12.2. The first kappa shape index (κ1) is 12.4. The van der Waals surface area contributed by atoms with E-state index in [1.807, 2.05) is 12.1 Å². The first-order valence-corrected chi connectivity index (χ1v) is 5.65. The number of nitrogens with zero attached hydrogens (tertiary/aromatic N) is 1. The van der Waals surface area contributed by atoms with Crippen LogP contribution in [0.4, 0.5) is 13.2 Å². The highest BCUT2D eigenvalue weighted by Crippen LogP contribution is 2.18. The maximum absolute atomic E-state index is 11.9. The summed E-state index contributed by atoms with van der Waals surface area (Å²) in [5.74, 6) is 0.488. The summed E-state index contributed by atoms with van der Waals surface area (Å²) in [4.78, 5) is 7.12. The maximum atomic E-state index is 11.9. The number of benzene rings is 1. The number of nitrogens with one attached hydrogen (secondary N) is 2. The molecule has 2 N–H and O–H groups in total. The summed E-state index contributed by atoms with van der Waals surface area (Å²) in [7, 11) is 0. The number of rotatable bonds is 3. The van der Waals surface area contributed by atoms with Crippen molar-refractivity contribution in [1.29, 1.82) is 0 Å². The first-order valence-electron chi connectivity index (χ1n) is 4.86. The van der Waals surface area contributed by atoms with Gasteiger partial charge >= 0.3 is 6.18 Å². The van der Waals surface area contributed by atoms with E-state index in [0.717, 1.165) is 15.5 Å². The zero-order valence-electron chi connectivity index (χ0n) is 8.61. The summed E-state index contributed by atoms with van der Waals surface area (Å²) in [6.45, 7) is -0.959. The minimum atomic E-state index is -4.20. The topological polar surface area (TPSA) is 40.7 Å². The molecule has 0 radical (unpaired) electrons. The third-order valence-corrected chi connectivity index (χ3v) is 2.60. The monoisotopic (exact) mass is 307 g/mol. The third-order valence-electron chi connectivity index (χ3n) is 2.11. The Labute approximate surface area is 104 Å². The largest absolute Gasteiger partial charge is 0.401 e. The summed E-state index contributed by atoms with van der Waals surface area (Å²) in [6, 6.07) is 5.45. The van der Waals surface area contributed by atoms with Gasteiger partial charge in [-0.3, -0.25) is 0 Å². The molecule has 0 spiro atoms. The molecule has 1 heterocycles. The van der Waals surface area contributed by atoms with Crippen molar-refractivity contribution in [3.05, 3.63) is 28.5 Å². The summed E-state index contributed by atoms with van der Waals surface area (Å²) in [5, 5.41) is 2.29. The second-order valence-electron chi connectivity index (χ2n) is 3.56. The quantitative estimate of drug-likeness (QED) is 0.915. The highest BCUT2D eigenvalue weighted by Gasteiger charge is 2.26. The highest BCUT2D eigenvalue weighted by atomic mass is 79.9. The van der Waals surface area contributed by atoms with Crippen LogP contribution in [0.2, 0.25) is 0 Å². The van der Waals surface area contributed by atoms with Crippen molar-refractivity contribution in [2.75, 3.05) is 6.54 Å². The van der Waals surface area contributed by atoms with Gasteiger partial charge in [-0.1, -0.05) is 15.9 Å². The number of aromatic nitrogens is 2. The SMILES string of the molecule is FC(F)(F)CNCc1nc2ccc(Br)cc2[nH]1. The number of imidazole rings is 1. The molecule has 0 fully saturated rings. The molecule has 7 heteroatoms. The van der Waals surface area contributed by atoms with Crippen molar-refractivity contribution in [2.24, 2.45) is 0 Å². The van der Waals surface area contributed by atoms with E-state index in [1.165, 1.54) is 0 Å². The van der Waals surface area contributed by atoms with Crippen LogP contribution in [0.15, 0.2) is 22.7 Å². The van der Waals surface area contributed by atoms with Crippen LogP contribution in [0.3, 0.4) is 0 Å². The van der Waals surface area contributed by atoms with E-state index in [1.54, 1.807) is 6.07 Å². The lowest BCUT2D eigenvalue weighted by Gasteiger charge is -2.05. The van der Waals surface area contributed by atoms with Gasteiger partial charge in [0.2, 0.25) is 0 Å². The van der Waals surface area contributed by atoms with E-state index >= 15 is 0 Å². The van der Waals surface area contributed by atoms with Gasteiger partial charge in [0.1, 0.15) is 5.82 Å². The van der Waals surface area contributed by atoms with Crippen LogP contribution in [0.25, 0.3) is 11.0 Å². The Bertz CT molecular complexity index is 521. The molecule has 0 aliphatic rings. The minimum absolute atomic E-state index is 0.0613. The molecule has 2 rings (SSSR count). The predicted octanol–water partition coefficient (Wildman–Crippen LogP) is 2.98. The number of hydrogen-bond acceptors (Lipinski definition) is 2. The number of H-pyrrole nitrogens is 1. The Kier molecular flexibility index (Phi) is 3.39. The fourth-order valence-corrected chi connectivity index (χ4v) is 1.80. The highest BCUT2D eigenvalue weighted by molar-refractivity contribution is 9.10. The Morgan fingerprint density at radius 1 is 1.35 bits per heavy atom. The van der Waals surface area contributed by atoms with Gasteiger partial charge in [0, 0.05) is 4.47 Å². The van der Waals surface area contributed by atoms with E-state index in [-0.39, 0.29) is 6.54 Å². The molecular weight excluding hydrogens is 299 g/mol. The Morgan fingerprint density at radius 2 is 2.12 bits per heavy atom. The summed E-state index contributed by atoms with van der Waals surface area (Å²) in [6.07, 6.45) is -4.20. The van der Waals surface area contributed by atoms with Crippen LogP contribution in [-0.2, 0) is 6.54 Å². The molecule has 3 nitrogen and oxygen atoms in total. The number of hydrogen-bond donors (Lipinski definition) is 2. The fourth-order valence-electron chi connectivity index (χ4n) is 1.44. The van der Waals surface area contributed by atoms with E-state index in [2.05, 4.69) is 31.2 Å². The Hall–Kier alpha value is -1.08. The standard InChI is InChI=1S/C10H9BrF3N3/c11-6-1-2-7-8(3-6)17-9(16-7)4-15-5-10(12,13)14/h1-3,15H,4-5H2,(H,16,17). The lowest BCUT2D eigenvalue weighted by Crippen LogP contribution is -2.28. The van der Waals surface area contributed by atoms with Crippen molar-refractivity contribution in [3.63, 3.8) is 0 Å². The van der Waals surface area contributed by atoms with Gasteiger partial charge in [-0.15, -0.1) is 0 Å². The molecule has 0 amide bonds. The van der Waals surface area contributed by atoms with Crippen LogP contribution in [0.1, 0.15) is 5.82 Å². The fraction of sp³-hybridized carbons (Fsp3) is 0.300. The molecule has 92 valence electrons. The summed E-state index contributed by atoms with van der Waals surface area (Å²) in [5.41, 5.74) is 1.53. The molecule has 0 aliphatic heterocycles. The molecule has 2 aromatic rings. The second-order valence-corrected chi connectivity index (χ2v) is 4.48. The van der Waals surface area contributed by atoms with Gasteiger partial charge in [-0.2, -0.15) is 13.2 Å². The van der Waals surface area contributed by atoms with E-state index in [4.69, 9.17) is 0 Å². The number of fused-ring (bicyclic) bond motifs is 1. The molecular formula is C10H9BrF3N3. The minimum Gasteiger partial charge on any atom is -0.341 e. The molecule has 0 unspecified atom stereocenters. The van der Waals surface area contributed by atoms with Crippen LogP contribution in [-0.4, -0.2) is 22.7 Å². The number of alkyl halides is 3. The van der Waals surface area contributed by atoms with E-state index in [0.29, 0.717) is 5.82 Å². The zero-order chi connectivity index (χ0) is 12.5. The van der Waals surface area contributed by atoms with E-state index in [9.17, 15) is 13.2 Å². The number of aromatic amines is 1. The van der Waals surface area contributed by atoms with Gasteiger partial charge in [0.25, 0.3) is 0 Å². The maximum Gasteiger partial charge on any atom is 0.401 e.